The maximum Gasteiger partial charge on any atom is 0.341 e. The van der Waals surface area contributed by atoms with Crippen LogP contribution in [0.5, 0.6) is 0 Å². The molecule has 2 aromatic rings. The van der Waals surface area contributed by atoms with E-state index >= 15 is 0 Å². The van der Waals surface area contributed by atoms with Gasteiger partial charge in [-0.2, -0.15) is 8.78 Å². The smallest absolute Gasteiger partial charge is 0.341 e. The summed E-state index contributed by atoms with van der Waals surface area (Å²) in [4.78, 5) is 23.9. The minimum absolute atomic E-state index is 0.108. The number of nitrogens with zero attached hydrogens (tertiary/aromatic N) is 2. The number of halogens is 2. The molecule has 1 unspecified atom stereocenters. The number of hydrogen-bond acceptors (Lipinski definition) is 6. The second kappa shape index (κ2) is 8.34. The molecule has 1 heterocycles. The van der Waals surface area contributed by atoms with Gasteiger partial charge in [-0.25, -0.2) is 8.42 Å². The van der Waals surface area contributed by atoms with Crippen LogP contribution in [0.15, 0.2) is 47.4 Å². The Morgan fingerprint density at radius 3 is 2.50 bits per heavy atom. The van der Waals surface area contributed by atoms with E-state index in [1.807, 2.05) is 31.2 Å². The number of nitrogens with one attached hydrogen (secondary N) is 1. The maximum atomic E-state index is 12.7. The summed E-state index contributed by atoms with van der Waals surface area (Å²) in [5.41, 5.74) is 1.24. The Balaban J connectivity index is 1.78. The predicted octanol–water partition coefficient (Wildman–Crippen LogP) is 3.11. The van der Waals surface area contributed by atoms with E-state index in [9.17, 15) is 32.1 Å². The molecule has 1 saturated heterocycles. The number of amides is 1. The van der Waals surface area contributed by atoms with Crippen molar-refractivity contribution in [1.29, 1.82) is 0 Å². The quantitative estimate of drug-likeness (QED) is 0.524. The number of sulfone groups is 1. The molecule has 30 heavy (non-hydrogen) atoms. The lowest BCUT2D eigenvalue weighted by Crippen LogP contribution is -2.33. The molecule has 160 valence electrons. The summed E-state index contributed by atoms with van der Waals surface area (Å²) in [6.45, 7) is 2.79. The third kappa shape index (κ3) is 4.40. The molecule has 0 aliphatic carbocycles. The van der Waals surface area contributed by atoms with Crippen LogP contribution >= 0.6 is 0 Å². The first-order valence-electron chi connectivity index (χ1n) is 9.01. The van der Waals surface area contributed by atoms with Gasteiger partial charge in [0, 0.05) is 19.2 Å². The zero-order valence-corrected chi connectivity index (χ0v) is 16.7. The molecule has 1 amide bonds. The average Bonchev–Trinajstić information content (AvgIpc) is 3.03. The second-order valence-electron chi connectivity index (χ2n) is 6.97. The van der Waals surface area contributed by atoms with Gasteiger partial charge in [0.25, 0.3) is 5.69 Å². The molecule has 0 saturated carbocycles. The third-order valence-electron chi connectivity index (χ3n) is 4.85. The summed E-state index contributed by atoms with van der Waals surface area (Å²) in [5, 5.41) is 14.1. The molecular weight excluding hydrogens is 420 g/mol. The van der Waals surface area contributed by atoms with Crippen molar-refractivity contribution in [1.82, 2.24) is 4.90 Å². The predicted molar refractivity (Wildman–Crippen MR) is 105 cm³/mol. The van der Waals surface area contributed by atoms with Crippen molar-refractivity contribution >= 4 is 27.1 Å². The lowest BCUT2D eigenvalue weighted by Gasteiger charge is -2.18. The number of alkyl halides is 2. The van der Waals surface area contributed by atoms with E-state index < -0.39 is 37.1 Å². The molecule has 11 heteroatoms. The van der Waals surface area contributed by atoms with Crippen molar-refractivity contribution in [2.45, 2.75) is 36.6 Å². The minimum atomic E-state index is -4.97. The summed E-state index contributed by atoms with van der Waals surface area (Å²) in [6, 6.07) is 9.42. The summed E-state index contributed by atoms with van der Waals surface area (Å²) in [6.07, 6.45) is 0.388. The first-order chi connectivity index (χ1) is 14.1. The van der Waals surface area contributed by atoms with E-state index in [0.717, 1.165) is 23.3 Å². The Hall–Kier alpha value is -3.08. The molecular formula is C19H19F2N3O5S. The van der Waals surface area contributed by atoms with Gasteiger partial charge in [-0.05, 0) is 31.0 Å². The fourth-order valence-electron chi connectivity index (χ4n) is 3.20. The van der Waals surface area contributed by atoms with Gasteiger partial charge in [-0.15, -0.1) is 0 Å². The van der Waals surface area contributed by atoms with E-state index in [2.05, 4.69) is 5.32 Å². The summed E-state index contributed by atoms with van der Waals surface area (Å²) in [7, 11) is -4.97. The van der Waals surface area contributed by atoms with Crippen LogP contribution in [-0.2, 0) is 21.2 Å². The monoisotopic (exact) mass is 439 g/mol. The highest BCUT2D eigenvalue weighted by Gasteiger charge is 2.34. The molecule has 0 aromatic heterocycles. The number of rotatable bonds is 7. The van der Waals surface area contributed by atoms with Crippen LogP contribution < -0.4 is 5.32 Å². The Labute approximate surface area is 171 Å². The molecule has 8 nitrogen and oxygen atoms in total. The van der Waals surface area contributed by atoms with E-state index in [4.69, 9.17) is 0 Å². The van der Waals surface area contributed by atoms with Crippen molar-refractivity contribution in [3.8, 4) is 0 Å². The largest absolute Gasteiger partial charge is 0.368 e. The Bertz CT molecular complexity index is 1070. The van der Waals surface area contributed by atoms with Gasteiger partial charge in [0.2, 0.25) is 15.7 Å². The number of nitro groups is 1. The van der Waals surface area contributed by atoms with Crippen LogP contribution in [0.4, 0.5) is 20.2 Å². The van der Waals surface area contributed by atoms with Gasteiger partial charge < -0.3 is 10.2 Å². The molecule has 1 aliphatic heterocycles. The van der Waals surface area contributed by atoms with Crippen molar-refractivity contribution in [3.63, 3.8) is 0 Å². The molecule has 2 aromatic carbocycles. The molecule has 0 bridgehead atoms. The number of anilines is 1. The van der Waals surface area contributed by atoms with Crippen LogP contribution in [0.2, 0.25) is 0 Å². The van der Waals surface area contributed by atoms with Gasteiger partial charge in [0.05, 0.1) is 9.82 Å². The molecule has 1 fully saturated rings. The van der Waals surface area contributed by atoms with Crippen LogP contribution in [0.25, 0.3) is 0 Å². The van der Waals surface area contributed by atoms with Gasteiger partial charge in [0.15, 0.2) is 0 Å². The number of carbonyl (C=O) groups excluding carboxylic acids is 1. The standard InChI is InChI=1S/C19H19F2N3O5S/c1-12-2-4-13(5-3-12)11-23-9-8-16(18(23)25)22-15-7-6-14(10-17(15)24(26)27)30(28,29)19(20)21/h2-7,10,16,19,22H,8-9,11H2,1H3. The Morgan fingerprint density at radius 1 is 1.23 bits per heavy atom. The summed E-state index contributed by atoms with van der Waals surface area (Å²) < 4.78 is 48.7. The lowest BCUT2D eigenvalue weighted by molar-refractivity contribution is -0.384. The first kappa shape index (κ1) is 21.6. The lowest BCUT2D eigenvalue weighted by atomic mass is 10.1. The number of benzene rings is 2. The number of hydrogen-bond donors (Lipinski definition) is 1. The van der Waals surface area contributed by atoms with E-state index in [1.54, 1.807) is 4.90 Å². The SMILES string of the molecule is Cc1ccc(CN2CCC(Nc3ccc(S(=O)(=O)C(F)F)cc3[N+](=O)[O-])C2=O)cc1. The Morgan fingerprint density at radius 2 is 1.90 bits per heavy atom. The van der Waals surface area contributed by atoms with Crippen molar-refractivity contribution in [3.05, 3.63) is 63.7 Å². The minimum Gasteiger partial charge on any atom is -0.368 e. The summed E-state index contributed by atoms with van der Waals surface area (Å²) >= 11 is 0. The number of aryl methyl sites for hydroxylation is 1. The van der Waals surface area contributed by atoms with E-state index in [1.165, 1.54) is 0 Å². The normalized spacial score (nSPS) is 16.9. The fraction of sp³-hybridized carbons (Fsp3) is 0.316. The highest BCUT2D eigenvalue weighted by Crippen LogP contribution is 2.31. The topological polar surface area (TPSA) is 110 Å². The number of likely N-dealkylation sites (tertiary alicyclic amines) is 1. The van der Waals surface area contributed by atoms with E-state index in [-0.39, 0.29) is 11.6 Å². The van der Waals surface area contributed by atoms with Gasteiger partial charge >= 0.3 is 5.76 Å². The molecule has 1 N–H and O–H groups in total. The van der Waals surface area contributed by atoms with Gasteiger partial charge in [0.1, 0.15) is 11.7 Å². The zero-order chi connectivity index (χ0) is 22.1. The second-order valence-corrected chi connectivity index (χ2v) is 8.89. The fourth-order valence-corrected chi connectivity index (χ4v) is 3.94. The van der Waals surface area contributed by atoms with Crippen molar-refractivity contribution in [2.24, 2.45) is 0 Å². The molecule has 1 atom stereocenters. The maximum absolute atomic E-state index is 12.7. The first-order valence-corrected chi connectivity index (χ1v) is 10.6. The van der Waals surface area contributed by atoms with Crippen LogP contribution in [-0.4, -0.2) is 42.5 Å². The summed E-state index contributed by atoms with van der Waals surface area (Å²) in [5.74, 6) is -3.95. The van der Waals surface area contributed by atoms with E-state index in [0.29, 0.717) is 25.6 Å². The van der Waals surface area contributed by atoms with Crippen LogP contribution in [0.3, 0.4) is 0 Å². The third-order valence-corrected chi connectivity index (χ3v) is 6.23. The highest BCUT2D eigenvalue weighted by atomic mass is 32.2. The number of nitro benzene ring substituents is 1. The van der Waals surface area contributed by atoms with Crippen LogP contribution in [0.1, 0.15) is 17.5 Å². The van der Waals surface area contributed by atoms with Crippen LogP contribution in [0, 0.1) is 17.0 Å². The molecule has 3 rings (SSSR count). The average molecular weight is 439 g/mol. The molecule has 1 aliphatic rings. The van der Waals surface area contributed by atoms with Gasteiger partial charge in [-0.3, -0.25) is 14.9 Å². The molecule has 0 radical (unpaired) electrons. The zero-order valence-electron chi connectivity index (χ0n) is 15.9. The van der Waals surface area contributed by atoms with Crippen molar-refractivity contribution in [2.75, 3.05) is 11.9 Å². The van der Waals surface area contributed by atoms with Gasteiger partial charge in [-0.1, -0.05) is 29.8 Å². The molecule has 0 spiro atoms. The highest BCUT2D eigenvalue weighted by molar-refractivity contribution is 7.91. The Kier molecular flexibility index (Phi) is 6.01. The number of carbonyl (C=O) groups is 1. The van der Waals surface area contributed by atoms with Crippen molar-refractivity contribution < 1.29 is 26.9 Å².